The Balaban J connectivity index is 2.39. The van der Waals surface area contributed by atoms with Crippen LogP contribution >= 0.6 is 27.3 Å². The van der Waals surface area contributed by atoms with Gasteiger partial charge in [0.15, 0.2) is 0 Å². The second kappa shape index (κ2) is 7.31. The van der Waals surface area contributed by atoms with Crippen LogP contribution in [0.25, 0.3) is 0 Å². The van der Waals surface area contributed by atoms with E-state index in [2.05, 4.69) is 38.3 Å². The van der Waals surface area contributed by atoms with Crippen LogP contribution in [0.2, 0.25) is 0 Å². The second-order valence-electron chi connectivity index (χ2n) is 4.39. The summed E-state index contributed by atoms with van der Waals surface area (Å²) in [6, 6.07) is 0.0984. The minimum Gasteiger partial charge on any atom is -0.383 e. The smallest absolute Gasteiger partial charge is 0.0872 e. The van der Waals surface area contributed by atoms with Gasteiger partial charge in [-0.1, -0.05) is 6.92 Å². The zero-order chi connectivity index (χ0) is 14.5. The summed E-state index contributed by atoms with van der Waals surface area (Å²) < 4.78 is 8.15. The van der Waals surface area contributed by atoms with E-state index in [9.17, 15) is 0 Å². The Hall–Kier alpha value is -0.760. The lowest BCUT2D eigenvalue weighted by Gasteiger charge is -2.19. The normalized spacial score (nSPS) is 12.8. The molecule has 0 aliphatic heterocycles. The van der Waals surface area contributed by atoms with E-state index in [-0.39, 0.29) is 6.04 Å². The van der Waals surface area contributed by atoms with Gasteiger partial charge in [-0.15, -0.1) is 11.3 Å². The number of ether oxygens (including phenoxy) is 1. The van der Waals surface area contributed by atoms with Crippen molar-refractivity contribution in [3.63, 3.8) is 0 Å². The molecule has 2 rings (SSSR count). The Morgan fingerprint density at radius 1 is 1.55 bits per heavy atom. The fraction of sp³-hybridized carbons (Fsp3) is 0.538. The van der Waals surface area contributed by atoms with Crippen LogP contribution < -0.4 is 5.32 Å². The van der Waals surface area contributed by atoms with Gasteiger partial charge < -0.3 is 10.1 Å². The molecule has 0 saturated heterocycles. The van der Waals surface area contributed by atoms with Gasteiger partial charge in [0.25, 0.3) is 0 Å². The molecule has 20 heavy (non-hydrogen) atoms. The predicted molar refractivity (Wildman–Crippen MR) is 84.2 cm³/mol. The average Bonchev–Trinajstić information content (AvgIpc) is 3.01. The summed E-state index contributed by atoms with van der Waals surface area (Å²) in [5.74, 6) is 0. The second-order valence-corrected chi connectivity index (χ2v) is 6.13. The van der Waals surface area contributed by atoms with Gasteiger partial charge in [-0.05, 0) is 29.4 Å². The third-order valence-corrected chi connectivity index (χ3v) is 4.67. The maximum Gasteiger partial charge on any atom is 0.0872 e. The van der Waals surface area contributed by atoms with E-state index in [4.69, 9.17) is 4.74 Å². The summed E-state index contributed by atoms with van der Waals surface area (Å²) >= 11 is 5.28. The molecule has 0 fully saturated rings. The van der Waals surface area contributed by atoms with Crippen LogP contribution in [-0.2, 0) is 11.3 Å². The predicted octanol–water partition coefficient (Wildman–Crippen LogP) is 2.76. The SMILES string of the molecule is CCNC(c1scnc1C)c1c(Br)cnn1CCOC. The first-order chi connectivity index (χ1) is 9.69. The zero-order valence-electron chi connectivity index (χ0n) is 11.9. The Bertz CT molecular complexity index is 554. The number of nitrogens with zero attached hydrogens (tertiary/aromatic N) is 3. The highest BCUT2D eigenvalue weighted by Gasteiger charge is 2.24. The summed E-state index contributed by atoms with van der Waals surface area (Å²) in [5, 5.41) is 7.95. The van der Waals surface area contributed by atoms with Gasteiger partial charge in [-0.2, -0.15) is 5.10 Å². The number of thiazole rings is 1. The fourth-order valence-electron chi connectivity index (χ4n) is 2.12. The molecule has 2 heterocycles. The van der Waals surface area contributed by atoms with Crippen molar-refractivity contribution in [1.82, 2.24) is 20.1 Å². The number of hydrogen-bond donors (Lipinski definition) is 1. The summed E-state index contributed by atoms with van der Waals surface area (Å²) in [6.45, 7) is 6.40. The maximum absolute atomic E-state index is 5.16. The van der Waals surface area contributed by atoms with Crippen LogP contribution in [0.4, 0.5) is 0 Å². The number of rotatable bonds is 7. The first kappa shape index (κ1) is 15.6. The number of hydrogen-bond acceptors (Lipinski definition) is 5. The maximum atomic E-state index is 5.16. The summed E-state index contributed by atoms with van der Waals surface area (Å²) in [4.78, 5) is 5.59. The van der Waals surface area contributed by atoms with Gasteiger partial charge in [-0.3, -0.25) is 4.68 Å². The van der Waals surface area contributed by atoms with Crippen molar-refractivity contribution < 1.29 is 4.74 Å². The van der Waals surface area contributed by atoms with Crippen molar-refractivity contribution in [2.75, 3.05) is 20.3 Å². The van der Waals surface area contributed by atoms with Crippen molar-refractivity contribution in [1.29, 1.82) is 0 Å². The highest BCUT2D eigenvalue weighted by molar-refractivity contribution is 9.10. The number of halogens is 1. The molecule has 110 valence electrons. The Kier molecular flexibility index (Phi) is 5.71. The molecule has 0 aliphatic carbocycles. The zero-order valence-corrected chi connectivity index (χ0v) is 14.3. The first-order valence-electron chi connectivity index (χ1n) is 6.52. The number of nitrogens with one attached hydrogen (secondary N) is 1. The number of aryl methyl sites for hydroxylation is 1. The standard InChI is InChI=1S/C13H19BrN4OS/c1-4-15-11(13-9(2)16-8-20-13)12-10(14)7-17-18(12)5-6-19-3/h7-8,11,15H,4-6H2,1-3H3. The van der Waals surface area contributed by atoms with E-state index in [1.165, 1.54) is 4.88 Å². The molecular weight excluding hydrogens is 340 g/mol. The molecule has 2 aromatic rings. The summed E-state index contributed by atoms with van der Waals surface area (Å²) in [6.07, 6.45) is 1.84. The monoisotopic (exact) mass is 358 g/mol. The molecule has 5 nitrogen and oxygen atoms in total. The van der Waals surface area contributed by atoms with Crippen molar-refractivity contribution in [2.24, 2.45) is 0 Å². The van der Waals surface area contributed by atoms with Gasteiger partial charge in [0, 0.05) is 7.11 Å². The van der Waals surface area contributed by atoms with Gasteiger partial charge >= 0.3 is 0 Å². The van der Waals surface area contributed by atoms with Gasteiger partial charge in [0.2, 0.25) is 0 Å². The third-order valence-electron chi connectivity index (χ3n) is 3.07. The lowest BCUT2D eigenvalue weighted by Crippen LogP contribution is -2.25. The molecule has 0 radical (unpaired) electrons. The third kappa shape index (κ3) is 3.28. The van der Waals surface area contributed by atoms with Gasteiger partial charge in [0.05, 0.1) is 51.6 Å². The molecule has 1 atom stereocenters. The van der Waals surface area contributed by atoms with Gasteiger partial charge in [-0.25, -0.2) is 4.98 Å². The number of methoxy groups -OCH3 is 1. The molecule has 1 N–H and O–H groups in total. The molecule has 0 aliphatic rings. The summed E-state index contributed by atoms with van der Waals surface area (Å²) in [7, 11) is 1.70. The Morgan fingerprint density at radius 2 is 2.35 bits per heavy atom. The van der Waals surface area contributed by atoms with Crippen molar-refractivity contribution in [3.8, 4) is 0 Å². The van der Waals surface area contributed by atoms with Crippen LogP contribution in [0.15, 0.2) is 16.2 Å². The van der Waals surface area contributed by atoms with E-state index in [0.717, 1.165) is 29.0 Å². The lowest BCUT2D eigenvalue weighted by atomic mass is 10.1. The van der Waals surface area contributed by atoms with E-state index < -0.39 is 0 Å². The molecule has 0 amide bonds. The minimum absolute atomic E-state index is 0.0984. The molecule has 1 unspecified atom stereocenters. The minimum atomic E-state index is 0.0984. The quantitative estimate of drug-likeness (QED) is 0.826. The van der Waals surface area contributed by atoms with Crippen molar-refractivity contribution in [3.05, 3.63) is 32.4 Å². The van der Waals surface area contributed by atoms with Crippen LogP contribution in [-0.4, -0.2) is 35.0 Å². The van der Waals surface area contributed by atoms with Crippen molar-refractivity contribution in [2.45, 2.75) is 26.4 Å². The highest BCUT2D eigenvalue weighted by Crippen LogP contribution is 2.32. The van der Waals surface area contributed by atoms with Gasteiger partial charge in [0.1, 0.15) is 0 Å². The fourth-order valence-corrected chi connectivity index (χ4v) is 3.52. The van der Waals surface area contributed by atoms with Crippen LogP contribution in [0.5, 0.6) is 0 Å². The van der Waals surface area contributed by atoms with E-state index >= 15 is 0 Å². The largest absolute Gasteiger partial charge is 0.383 e. The van der Waals surface area contributed by atoms with Crippen molar-refractivity contribution >= 4 is 27.3 Å². The molecule has 0 saturated carbocycles. The first-order valence-corrected chi connectivity index (χ1v) is 8.19. The molecule has 0 bridgehead atoms. The molecular formula is C13H19BrN4OS. The summed E-state index contributed by atoms with van der Waals surface area (Å²) in [5.41, 5.74) is 4.07. The molecule has 0 aromatic carbocycles. The topological polar surface area (TPSA) is 52.0 Å². The average molecular weight is 359 g/mol. The number of aromatic nitrogens is 3. The Morgan fingerprint density at radius 3 is 2.95 bits per heavy atom. The molecule has 7 heteroatoms. The van der Waals surface area contributed by atoms with Crippen LogP contribution in [0.3, 0.4) is 0 Å². The Labute approximate surface area is 131 Å². The van der Waals surface area contributed by atoms with E-state index in [0.29, 0.717) is 6.61 Å². The molecule has 2 aromatic heterocycles. The van der Waals surface area contributed by atoms with Crippen LogP contribution in [0.1, 0.15) is 29.2 Å². The highest BCUT2D eigenvalue weighted by atomic mass is 79.9. The van der Waals surface area contributed by atoms with E-state index in [1.807, 2.05) is 23.3 Å². The molecule has 0 spiro atoms. The lowest BCUT2D eigenvalue weighted by molar-refractivity contribution is 0.182. The van der Waals surface area contributed by atoms with Crippen LogP contribution in [0, 0.1) is 6.92 Å². The van der Waals surface area contributed by atoms with E-state index in [1.54, 1.807) is 18.4 Å².